The van der Waals surface area contributed by atoms with E-state index in [4.69, 9.17) is 5.11 Å². The van der Waals surface area contributed by atoms with Gasteiger partial charge in [-0.1, -0.05) is 13.8 Å². The predicted molar refractivity (Wildman–Crippen MR) is 69.1 cm³/mol. The van der Waals surface area contributed by atoms with Crippen LogP contribution in [0, 0.1) is 11.7 Å². The van der Waals surface area contributed by atoms with Crippen LogP contribution in [0.2, 0.25) is 0 Å². The molecule has 0 bridgehead atoms. The van der Waals surface area contributed by atoms with Crippen LogP contribution in [-0.4, -0.2) is 29.6 Å². The molecule has 100 valence electrons. The van der Waals surface area contributed by atoms with Gasteiger partial charge in [-0.2, -0.15) is 0 Å². The fourth-order valence-electron chi connectivity index (χ4n) is 1.75. The molecule has 0 fully saturated rings. The standard InChI is InChI=1S/C14H20FNO2/c1-10(2)6-7-16(3)9-11-8-12(15)4-5-13(11)14(17)18/h4-5,8,10H,6-7,9H2,1-3H3,(H,17,18). The summed E-state index contributed by atoms with van der Waals surface area (Å²) in [6.07, 6.45) is 1.04. The molecule has 0 aromatic heterocycles. The average molecular weight is 253 g/mol. The molecule has 0 unspecified atom stereocenters. The van der Waals surface area contributed by atoms with Gasteiger partial charge in [-0.05, 0) is 49.7 Å². The van der Waals surface area contributed by atoms with Crippen molar-refractivity contribution in [1.82, 2.24) is 4.90 Å². The molecule has 0 aliphatic carbocycles. The lowest BCUT2D eigenvalue weighted by Gasteiger charge is -2.19. The molecule has 1 aromatic rings. The molecule has 0 aliphatic rings. The van der Waals surface area contributed by atoms with Gasteiger partial charge in [-0.3, -0.25) is 0 Å². The van der Waals surface area contributed by atoms with Gasteiger partial charge in [0.15, 0.2) is 0 Å². The molecule has 0 saturated heterocycles. The Bertz CT molecular complexity index is 418. The number of aromatic carboxylic acids is 1. The van der Waals surface area contributed by atoms with Crippen LogP contribution in [0.3, 0.4) is 0 Å². The summed E-state index contributed by atoms with van der Waals surface area (Å²) in [6.45, 7) is 5.59. The van der Waals surface area contributed by atoms with Gasteiger partial charge in [-0.15, -0.1) is 0 Å². The predicted octanol–water partition coefficient (Wildman–Crippen LogP) is 3.00. The van der Waals surface area contributed by atoms with Crippen molar-refractivity contribution in [2.24, 2.45) is 5.92 Å². The monoisotopic (exact) mass is 253 g/mol. The molecule has 0 radical (unpaired) electrons. The topological polar surface area (TPSA) is 40.5 Å². The molecule has 1 rings (SSSR count). The highest BCUT2D eigenvalue weighted by Gasteiger charge is 2.12. The Morgan fingerprint density at radius 2 is 2.11 bits per heavy atom. The lowest BCUT2D eigenvalue weighted by atomic mass is 10.1. The Hall–Kier alpha value is -1.42. The number of carbonyl (C=O) groups is 1. The van der Waals surface area contributed by atoms with Crippen molar-refractivity contribution >= 4 is 5.97 Å². The Kier molecular flexibility index (Phi) is 5.28. The van der Waals surface area contributed by atoms with Gasteiger partial charge in [-0.25, -0.2) is 9.18 Å². The molecule has 0 saturated carbocycles. The molecule has 18 heavy (non-hydrogen) atoms. The molecule has 0 amide bonds. The van der Waals surface area contributed by atoms with Crippen LogP contribution in [-0.2, 0) is 6.54 Å². The third-order valence-electron chi connectivity index (χ3n) is 2.83. The summed E-state index contributed by atoms with van der Waals surface area (Å²) in [5.41, 5.74) is 0.696. The summed E-state index contributed by atoms with van der Waals surface area (Å²) in [5, 5.41) is 9.05. The van der Waals surface area contributed by atoms with E-state index in [0.717, 1.165) is 13.0 Å². The van der Waals surface area contributed by atoms with Crippen molar-refractivity contribution in [3.05, 3.63) is 35.1 Å². The highest BCUT2D eigenvalue weighted by Crippen LogP contribution is 2.14. The first-order chi connectivity index (χ1) is 8.40. The number of hydrogen-bond donors (Lipinski definition) is 1. The van der Waals surface area contributed by atoms with Gasteiger partial charge >= 0.3 is 5.97 Å². The van der Waals surface area contributed by atoms with Crippen molar-refractivity contribution in [1.29, 1.82) is 0 Å². The van der Waals surface area contributed by atoms with Crippen LogP contribution >= 0.6 is 0 Å². The largest absolute Gasteiger partial charge is 0.478 e. The summed E-state index contributed by atoms with van der Waals surface area (Å²) in [7, 11) is 1.92. The molecule has 0 atom stereocenters. The van der Waals surface area contributed by atoms with Crippen LogP contribution in [0.25, 0.3) is 0 Å². The van der Waals surface area contributed by atoms with Crippen molar-refractivity contribution < 1.29 is 14.3 Å². The van der Waals surface area contributed by atoms with Crippen LogP contribution < -0.4 is 0 Å². The third-order valence-corrected chi connectivity index (χ3v) is 2.83. The van der Waals surface area contributed by atoms with Gasteiger partial charge in [0.1, 0.15) is 5.82 Å². The van der Waals surface area contributed by atoms with Gasteiger partial charge < -0.3 is 10.0 Å². The molecule has 3 nitrogen and oxygen atoms in total. The first-order valence-corrected chi connectivity index (χ1v) is 6.10. The lowest BCUT2D eigenvalue weighted by Crippen LogP contribution is -2.22. The fraction of sp³-hybridized carbons (Fsp3) is 0.500. The summed E-state index contributed by atoms with van der Waals surface area (Å²) < 4.78 is 13.2. The van der Waals surface area contributed by atoms with Crippen LogP contribution in [0.1, 0.15) is 36.2 Å². The molecule has 0 heterocycles. The normalized spacial score (nSPS) is 11.2. The third kappa shape index (κ3) is 4.45. The number of benzene rings is 1. The average Bonchev–Trinajstić information content (AvgIpc) is 2.26. The zero-order valence-corrected chi connectivity index (χ0v) is 11.1. The quantitative estimate of drug-likeness (QED) is 0.847. The SMILES string of the molecule is CC(C)CCN(C)Cc1cc(F)ccc1C(=O)O. The minimum atomic E-state index is -1.01. The van der Waals surface area contributed by atoms with E-state index in [2.05, 4.69) is 13.8 Å². The van der Waals surface area contributed by atoms with Crippen LogP contribution in [0.15, 0.2) is 18.2 Å². The molecule has 4 heteroatoms. The minimum Gasteiger partial charge on any atom is -0.478 e. The zero-order chi connectivity index (χ0) is 13.7. The number of halogens is 1. The number of carboxylic acid groups (broad SMARTS) is 1. The molecule has 1 N–H and O–H groups in total. The maximum atomic E-state index is 13.2. The number of rotatable bonds is 6. The van der Waals surface area contributed by atoms with E-state index in [1.807, 2.05) is 11.9 Å². The van der Waals surface area contributed by atoms with Gasteiger partial charge in [0.2, 0.25) is 0 Å². The highest BCUT2D eigenvalue weighted by atomic mass is 19.1. The summed E-state index contributed by atoms with van der Waals surface area (Å²) in [6, 6.07) is 3.81. The van der Waals surface area contributed by atoms with Crippen molar-refractivity contribution in [2.75, 3.05) is 13.6 Å². The summed E-state index contributed by atoms with van der Waals surface area (Å²) in [5.74, 6) is -0.812. The number of carboxylic acids is 1. The lowest BCUT2D eigenvalue weighted by molar-refractivity contribution is 0.0694. The van der Waals surface area contributed by atoms with E-state index in [9.17, 15) is 9.18 Å². The van der Waals surface area contributed by atoms with E-state index in [1.165, 1.54) is 18.2 Å². The summed E-state index contributed by atoms with van der Waals surface area (Å²) >= 11 is 0. The van der Waals surface area contributed by atoms with Crippen LogP contribution in [0.5, 0.6) is 0 Å². The van der Waals surface area contributed by atoms with E-state index >= 15 is 0 Å². The fourth-order valence-corrected chi connectivity index (χ4v) is 1.75. The van der Waals surface area contributed by atoms with E-state index in [0.29, 0.717) is 18.0 Å². The highest BCUT2D eigenvalue weighted by molar-refractivity contribution is 5.89. The van der Waals surface area contributed by atoms with Gasteiger partial charge in [0.25, 0.3) is 0 Å². The van der Waals surface area contributed by atoms with Gasteiger partial charge in [0, 0.05) is 6.54 Å². The van der Waals surface area contributed by atoms with E-state index in [1.54, 1.807) is 0 Å². The van der Waals surface area contributed by atoms with Gasteiger partial charge in [0.05, 0.1) is 5.56 Å². The first-order valence-electron chi connectivity index (χ1n) is 6.10. The molecular formula is C14H20FNO2. The second-order valence-corrected chi connectivity index (χ2v) is 5.03. The number of hydrogen-bond acceptors (Lipinski definition) is 2. The van der Waals surface area contributed by atoms with Crippen LogP contribution in [0.4, 0.5) is 4.39 Å². The second kappa shape index (κ2) is 6.50. The Balaban J connectivity index is 2.76. The minimum absolute atomic E-state index is 0.174. The summed E-state index contributed by atoms with van der Waals surface area (Å²) in [4.78, 5) is 13.1. The second-order valence-electron chi connectivity index (χ2n) is 5.03. The Labute approximate surface area is 107 Å². The van der Waals surface area contributed by atoms with Crippen molar-refractivity contribution in [3.8, 4) is 0 Å². The molecule has 0 spiro atoms. The Morgan fingerprint density at radius 3 is 2.67 bits per heavy atom. The maximum absolute atomic E-state index is 13.2. The van der Waals surface area contributed by atoms with E-state index in [-0.39, 0.29) is 5.56 Å². The Morgan fingerprint density at radius 1 is 1.44 bits per heavy atom. The molecular weight excluding hydrogens is 233 g/mol. The maximum Gasteiger partial charge on any atom is 0.336 e. The zero-order valence-electron chi connectivity index (χ0n) is 11.1. The smallest absolute Gasteiger partial charge is 0.336 e. The van der Waals surface area contributed by atoms with Crippen molar-refractivity contribution in [3.63, 3.8) is 0 Å². The van der Waals surface area contributed by atoms with Crippen molar-refractivity contribution in [2.45, 2.75) is 26.8 Å². The number of nitrogens with zero attached hydrogens (tertiary/aromatic N) is 1. The molecule has 0 aliphatic heterocycles. The van der Waals surface area contributed by atoms with E-state index < -0.39 is 11.8 Å². The first kappa shape index (κ1) is 14.6. The molecule has 1 aromatic carbocycles.